The monoisotopic (exact) mass is 362 g/mol. The molecule has 2 aromatic rings. The lowest BCUT2D eigenvalue weighted by molar-refractivity contribution is -0.386. The fraction of sp³-hybridized carbons (Fsp3) is 0. The second kappa shape index (κ2) is 5.73. The van der Waals surface area contributed by atoms with Crippen LogP contribution < -0.4 is 4.74 Å². The van der Waals surface area contributed by atoms with E-state index in [0.29, 0.717) is 5.02 Å². The Labute approximate surface area is 126 Å². The number of hydrogen-bond acceptors (Lipinski definition) is 4. The Balaban J connectivity index is 2.42. The van der Waals surface area contributed by atoms with E-state index in [-0.39, 0.29) is 22.5 Å². The van der Waals surface area contributed by atoms with Crippen LogP contribution in [0.1, 0.15) is 0 Å². The molecular formula is C11H5BrCl2N2O3. The number of nitrogens with zero attached hydrogens (tertiary/aromatic N) is 2. The molecule has 0 saturated heterocycles. The van der Waals surface area contributed by atoms with Crippen molar-refractivity contribution in [1.29, 1.82) is 0 Å². The number of benzene rings is 1. The van der Waals surface area contributed by atoms with E-state index in [2.05, 4.69) is 20.9 Å². The topological polar surface area (TPSA) is 65.3 Å². The molecule has 0 aliphatic carbocycles. The van der Waals surface area contributed by atoms with Crippen molar-refractivity contribution in [2.75, 3.05) is 0 Å². The normalized spacial score (nSPS) is 10.3. The molecule has 0 bridgehead atoms. The highest BCUT2D eigenvalue weighted by molar-refractivity contribution is 9.10. The van der Waals surface area contributed by atoms with Gasteiger partial charge in [0.25, 0.3) is 0 Å². The summed E-state index contributed by atoms with van der Waals surface area (Å²) in [7, 11) is 0. The van der Waals surface area contributed by atoms with E-state index in [9.17, 15) is 10.1 Å². The lowest BCUT2D eigenvalue weighted by Crippen LogP contribution is -1.96. The highest BCUT2D eigenvalue weighted by Crippen LogP contribution is 2.35. The fourth-order valence-electron chi connectivity index (χ4n) is 1.29. The Morgan fingerprint density at radius 3 is 2.63 bits per heavy atom. The second-order valence-corrected chi connectivity index (χ2v) is 5.10. The summed E-state index contributed by atoms with van der Waals surface area (Å²) >= 11 is 14.9. The van der Waals surface area contributed by atoms with Gasteiger partial charge in [-0.3, -0.25) is 10.1 Å². The van der Waals surface area contributed by atoms with Crippen molar-refractivity contribution in [2.45, 2.75) is 0 Å². The van der Waals surface area contributed by atoms with Crippen LogP contribution in [0.3, 0.4) is 0 Å². The Bertz CT molecular complexity index is 652. The molecule has 1 aromatic heterocycles. The first-order valence-electron chi connectivity index (χ1n) is 4.91. The van der Waals surface area contributed by atoms with Gasteiger partial charge in [0.1, 0.15) is 10.9 Å². The molecule has 98 valence electrons. The first kappa shape index (κ1) is 14.0. The molecule has 1 heterocycles. The maximum atomic E-state index is 10.9. The molecule has 0 amide bonds. The first-order valence-corrected chi connectivity index (χ1v) is 6.46. The quantitative estimate of drug-likeness (QED) is 0.444. The molecule has 0 aliphatic heterocycles. The van der Waals surface area contributed by atoms with Gasteiger partial charge < -0.3 is 4.74 Å². The Hall–Kier alpha value is -1.37. The van der Waals surface area contributed by atoms with Crippen LogP contribution in [0.4, 0.5) is 5.69 Å². The first-order chi connectivity index (χ1) is 8.97. The average molecular weight is 364 g/mol. The van der Waals surface area contributed by atoms with E-state index in [1.54, 1.807) is 18.2 Å². The molecule has 8 heteroatoms. The summed E-state index contributed by atoms with van der Waals surface area (Å²) in [5.74, 6) is 0.0458. The number of aromatic nitrogens is 1. The maximum Gasteiger partial charge on any atom is 0.331 e. The van der Waals surface area contributed by atoms with Gasteiger partial charge in [-0.15, -0.1) is 0 Å². The summed E-state index contributed by atoms with van der Waals surface area (Å²) in [6.45, 7) is 0. The summed E-state index contributed by atoms with van der Waals surface area (Å²) in [5, 5.41) is 11.3. The van der Waals surface area contributed by atoms with Crippen LogP contribution in [0, 0.1) is 10.1 Å². The van der Waals surface area contributed by atoms with Gasteiger partial charge >= 0.3 is 11.6 Å². The van der Waals surface area contributed by atoms with Crippen LogP contribution in [-0.2, 0) is 0 Å². The number of halogens is 3. The Morgan fingerprint density at radius 1 is 1.26 bits per heavy atom. The van der Waals surface area contributed by atoms with Crippen LogP contribution in [0.25, 0.3) is 0 Å². The molecule has 0 unspecified atom stereocenters. The molecule has 2 rings (SSSR count). The Kier molecular flexibility index (Phi) is 4.24. The molecule has 0 radical (unpaired) electrons. The van der Waals surface area contributed by atoms with Crippen molar-refractivity contribution in [3.05, 3.63) is 55.1 Å². The standard InChI is InChI=1S/C11H5BrCl2N2O3/c12-6-1-3-9(7(13)5-6)19-11-8(16(17)18)2-4-10(14)15-11/h1-5H. The third kappa shape index (κ3) is 3.34. The molecule has 0 saturated carbocycles. The molecule has 1 aromatic carbocycles. The maximum absolute atomic E-state index is 10.9. The van der Waals surface area contributed by atoms with Crippen molar-refractivity contribution in [3.8, 4) is 11.6 Å². The third-order valence-corrected chi connectivity index (χ3v) is 3.10. The zero-order valence-corrected chi connectivity index (χ0v) is 12.2. The minimum absolute atomic E-state index is 0.0915. The van der Waals surface area contributed by atoms with Gasteiger partial charge in [-0.1, -0.05) is 39.1 Å². The second-order valence-electron chi connectivity index (χ2n) is 3.39. The van der Waals surface area contributed by atoms with Crippen LogP contribution in [0.15, 0.2) is 34.8 Å². The number of hydrogen-bond donors (Lipinski definition) is 0. The fourth-order valence-corrected chi connectivity index (χ4v) is 2.14. The SMILES string of the molecule is O=[N+]([O-])c1ccc(Cl)nc1Oc1ccc(Br)cc1Cl. The van der Waals surface area contributed by atoms with Crippen molar-refractivity contribution in [1.82, 2.24) is 4.98 Å². The lowest BCUT2D eigenvalue weighted by Gasteiger charge is -2.07. The van der Waals surface area contributed by atoms with Crippen LogP contribution in [-0.4, -0.2) is 9.91 Å². The predicted molar refractivity (Wildman–Crippen MR) is 75.1 cm³/mol. The minimum atomic E-state index is -0.606. The smallest absolute Gasteiger partial charge is 0.331 e. The van der Waals surface area contributed by atoms with Gasteiger partial charge in [-0.05, 0) is 24.3 Å². The predicted octanol–water partition coefficient (Wildman–Crippen LogP) is 4.85. The minimum Gasteiger partial charge on any atom is -0.432 e. The molecule has 0 N–H and O–H groups in total. The van der Waals surface area contributed by atoms with Crippen LogP contribution in [0.2, 0.25) is 10.2 Å². The van der Waals surface area contributed by atoms with E-state index >= 15 is 0 Å². The van der Waals surface area contributed by atoms with Crippen LogP contribution >= 0.6 is 39.1 Å². The summed E-state index contributed by atoms with van der Waals surface area (Å²) in [4.78, 5) is 14.0. The van der Waals surface area contributed by atoms with Gasteiger partial charge in [0.05, 0.1) is 9.95 Å². The molecule has 0 atom stereocenters. The van der Waals surface area contributed by atoms with Gasteiger partial charge in [-0.25, -0.2) is 0 Å². The summed E-state index contributed by atoms with van der Waals surface area (Å²) in [6.07, 6.45) is 0. The van der Waals surface area contributed by atoms with Gasteiger partial charge in [-0.2, -0.15) is 4.98 Å². The van der Waals surface area contributed by atoms with Gasteiger partial charge in [0.2, 0.25) is 0 Å². The highest BCUT2D eigenvalue weighted by atomic mass is 79.9. The molecule has 0 spiro atoms. The summed E-state index contributed by atoms with van der Waals surface area (Å²) in [5.41, 5.74) is -0.289. The van der Waals surface area contributed by atoms with Crippen molar-refractivity contribution in [2.24, 2.45) is 0 Å². The highest BCUT2D eigenvalue weighted by Gasteiger charge is 2.19. The van der Waals surface area contributed by atoms with Crippen molar-refractivity contribution < 1.29 is 9.66 Å². The average Bonchev–Trinajstić information content (AvgIpc) is 2.32. The van der Waals surface area contributed by atoms with Crippen molar-refractivity contribution in [3.63, 3.8) is 0 Å². The van der Waals surface area contributed by atoms with E-state index < -0.39 is 4.92 Å². The molecule has 0 aliphatic rings. The zero-order valence-electron chi connectivity index (χ0n) is 9.14. The molecule has 5 nitrogen and oxygen atoms in total. The number of ether oxygens (including phenoxy) is 1. The van der Waals surface area contributed by atoms with E-state index in [4.69, 9.17) is 27.9 Å². The van der Waals surface area contributed by atoms with E-state index in [0.717, 1.165) is 4.47 Å². The zero-order chi connectivity index (χ0) is 14.0. The van der Waals surface area contributed by atoms with E-state index in [1.165, 1.54) is 12.1 Å². The number of rotatable bonds is 3. The largest absolute Gasteiger partial charge is 0.432 e. The number of nitro groups is 1. The number of pyridine rings is 1. The molecule has 0 fully saturated rings. The van der Waals surface area contributed by atoms with E-state index in [1.807, 2.05) is 0 Å². The van der Waals surface area contributed by atoms with Crippen molar-refractivity contribution >= 4 is 44.8 Å². The molecular weight excluding hydrogens is 359 g/mol. The van der Waals surface area contributed by atoms with Crippen LogP contribution in [0.5, 0.6) is 11.6 Å². The van der Waals surface area contributed by atoms with Gasteiger partial charge in [0, 0.05) is 10.5 Å². The lowest BCUT2D eigenvalue weighted by atomic mass is 10.3. The summed E-state index contributed by atoms with van der Waals surface area (Å²) < 4.78 is 6.11. The van der Waals surface area contributed by atoms with Gasteiger partial charge in [0.15, 0.2) is 0 Å². The third-order valence-electron chi connectivity index (χ3n) is 2.10. The Morgan fingerprint density at radius 2 is 2.00 bits per heavy atom. The summed E-state index contributed by atoms with van der Waals surface area (Å²) in [6, 6.07) is 7.40. The molecule has 19 heavy (non-hydrogen) atoms.